The van der Waals surface area contributed by atoms with E-state index in [1.165, 1.54) is 35.1 Å². The number of furan rings is 2. The van der Waals surface area contributed by atoms with Gasteiger partial charge in [0.25, 0.3) is 0 Å². The maximum atomic E-state index is 6.54. The lowest BCUT2D eigenvalue weighted by molar-refractivity contribution is 0.668. The molecule has 228 valence electrons. The molecule has 0 fully saturated rings. The Morgan fingerprint density at radius 2 is 0.938 bits per heavy atom. The van der Waals surface area contributed by atoms with Crippen molar-refractivity contribution >= 4 is 43.9 Å². The molecule has 0 radical (unpaired) electrons. The molecule has 5 nitrogen and oxygen atoms in total. The number of hydrogen-bond acceptors (Lipinski definition) is 5. The quantitative estimate of drug-likeness (QED) is 0.196. The zero-order valence-corrected chi connectivity index (χ0v) is 26.1. The van der Waals surface area contributed by atoms with E-state index in [4.69, 9.17) is 23.8 Å². The van der Waals surface area contributed by atoms with Gasteiger partial charge in [-0.2, -0.15) is 0 Å². The Hall–Kier alpha value is -6.07. The molecule has 9 aromatic rings. The molecule has 10 rings (SSSR count). The highest BCUT2D eigenvalue weighted by atomic mass is 16.3. The first-order chi connectivity index (χ1) is 23.7. The number of aryl methyl sites for hydroxylation is 1. The molecule has 0 saturated heterocycles. The van der Waals surface area contributed by atoms with Gasteiger partial charge in [0.2, 0.25) is 0 Å². The third-order valence-corrected chi connectivity index (χ3v) is 9.74. The fourth-order valence-corrected chi connectivity index (χ4v) is 7.35. The molecule has 0 N–H and O–H groups in total. The Balaban J connectivity index is 1.09. The maximum absolute atomic E-state index is 6.54. The molecule has 1 aliphatic carbocycles. The van der Waals surface area contributed by atoms with E-state index in [1.807, 2.05) is 54.6 Å². The average molecular weight is 620 g/mol. The van der Waals surface area contributed by atoms with E-state index in [-0.39, 0.29) is 0 Å². The van der Waals surface area contributed by atoms with Gasteiger partial charge in [-0.1, -0.05) is 84.9 Å². The number of benzene rings is 6. The van der Waals surface area contributed by atoms with Gasteiger partial charge in [-0.25, -0.2) is 15.0 Å². The number of rotatable bonds is 4. The standard InChI is InChI=1S/C43H29N3O2/c1-2-10-27(11-3-1)41-44-42(29-18-21-34-33-14-6-7-16-37(33)47-39(34)24-29)46-43(45-41)30-19-22-36-35-20-17-28(23-38(35)48-40(36)25-30)32-15-8-12-26-9-4-5-13-31(26)32/h1-3,6-8,10-12,14-25H,4-5,9,13H2. The zero-order chi connectivity index (χ0) is 31.6. The van der Waals surface area contributed by atoms with E-state index in [1.54, 1.807) is 0 Å². The first kappa shape index (κ1) is 27.1. The molecule has 0 bridgehead atoms. The summed E-state index contributed by atoms with van der Waals surface area (Å²) in [5.74, 6) is 1.78. The van der Waals surface area contributed by atoms with Crippen LogP contribution in [0.3, 0.4) is 0 Å². The molecule has 0 saturated carbocycles. The van der Waals surface area contributed by atoms with Crippen LogP contribution in [0.1, 0.15) is 24.0 Å². The van der Waals surface area contributed by atoms with E-state index >= 15 is 0 Å². The molecule has 0 atom stereocenters. The molecular formula is C43H29N3O2. The number of aromatic nitrogens is 3. The Labute approximate surface area is 276 Å². The van der Waals surface area contributed by atoms with E-state index in [9.17, 15) is 0 Å². The van der Waals surface area contributed by atoms with Crippen LogP contribution < -0.4 is 0 Å². The highest BCUT2D eigenvalue weighted by molar-refractivity contribution is 6.07. The molecule has 0 amide bonds. The van der Waals surface area contributed by atoms with Crippen molar-refractivity contribution in [3.63, 3.8) is 0 Å². The van der Waals surface area contributed by atoms with Gasteiger partial charge in [-0.15, -0.1) is 0 Å². The summed E-state index contributed by atoms with van der Waals surface area (Å²) in [6, 6.07) is 43.9. The molecule has 6 aromatic carbocycles. The summed E-state index contributed by atoms with van der Waals surface area (Å²) in [4.78, 5) is 14.9. The van der Waals surface area contributed by atoms with Crippen LogP contribution in [-0.2, 0) is 12.8 Å². The van der Waals surface area contributed by atoms with Crippen molar-refractivity contribution in [3.8, 4) is 45.3 Å². The first-order valence-corrected chi connectivity index (χ1v) is 16.6. The van der Waals surface area contributed by atoms with Crippen molar-refractivity contribution in [2.45, 2.75) is 25.7 Å². The third kappa shape index (κ3) is 4.43. The second-order valence-corrected chi connectivity index (χ2v) is 12.7. The summed E-state index contributed by atoms with van der Waals surface area (Å²) >= 11 is 0. The predicted octanol–water partition coefficient (Wildman–Crippen LogP) is 11.2. The van der Waals surface area contributed by atoms with Crippen molar-refractivity contribution in [2.24, 2.45) is 0 Å². The lowest BCUT2D eigenvalue weighted by Gasteiger charge is -2.19. The van der Waals surface area contributed by atoms with Crippen LogP contribution in [0, 0.1) is 0 Å². The zero-order valence-electron chi connectivity index (χ0n) is 26.1. The number of nitrogens with zero attached hydrogens (tertiary/aromatic N) is 3. The topological polar surface area (TPSA) is 65.0 Å². The average Bonchev–Trinajstić information content (AvgIpc) is 3.71. The molecule has 3 aromatic heterocycles. The minimum Gasteiger partial charge on any atom is -0.456 e. The van der Waals surface area contributed by atoms with Crippen LogP contribution in [0.15, 0.2) is 136 Å². The molecule has 0 unspecified atom stereocenters. The highest BCUT2D eigenvalue weighted by Crippen LogP contribution is 2.38. The van der Waals surface area contributed by atoms with Crippen molar-refractivity contribution in [3.05, 3.63) is 139 Å². The molecule has 48 heavy (non-hydrogen) atoms. The summed E-state index contributed by atoms with van der Waals surface area (Å²) in [5, 5.41) is 4.33. The first-order valence-electron chi connectivity index (χ1n) is 16.6. The normalized spacial score (nSPS) is 13.1. The molecule has 0 aliphatic heterocycles. The van der Waals surface area contributed by atoms with Crippen molar-refractivity contribution < 1.29 is 8.83 Å². The summed E-state index contributed by atoms with van der Waals surface area (Å²) < 4.78 is 12.7. The second-order valence-electron chi connectivity index (χ2n) is 12.7. The lowest BCUT2D eigenvalue weighted by Crippen LogP contribution is -2.04. The summed E-state index contributed by atoms with van der Waals surface area (Å²) in [6.45, 7) is 0. The van der Waals surface area contributed by atoms with Gasteiger partial charge in [0.1, 0.15) is 22.3 Å². The Bertz CT molecular complexity index is 2690. The van der Waals surface area contributed by atoms with Crippen LogP contribution in [0.25, 0.3) is 89.2 Å². The second kappa shape index (κ2) is 10.7. The van der Waals surface area contributed by atoms with E-state index in [0.717, 1.165) is 73.4 Å². The van der Waals surface area contributed by atoms with Gasteiger partial charge in [-0.05, 0) is 90.4 Å². The molecule has 3 heterocycles. The maximum Gasteiger partial charge on any atom is 0.164 e. The van der Waals surface area contributed by atoms with Crippen LogP contribution >= 0.6 is 0 Å². The Morgan fingerprint density at radius 1 is 0.396 bits per heavy atom. The summed E-state index contributed by atoms with van der Waals surface area (Å²) in [5.41, 5.74) is 11.5. The number of para-hydroxylation sites is 1. The monoisotopic (exact) mass is 619 g/mol. The minimum absolute atomic E-state index is 0.585. The molecule has 1 aliphatic rings. The van der Waals surface area contributed by atoms with E-state index in [2.05, 4.69) is 72.8 Å². The van der Waals surface area contributed by atoms with E-state index < -0.39 is 0 Å². The fraction of sp³-hybridized carbons (Fsp3) is 0.0930. The number of hydrogen-bond donors (Lipinski definition) is 0. The van der Waals surface area contributed by atoms with Crippen LogP contribution in [0.2, 0.25) is 0 Å². The summed E-state index contributed by atoms with van der Waals surface area (Å²) in [7, 11) is 0. The van der Waals surface area contributed by atoms with E-state index in [0.29, 0.717) is 17.5 Å². The van der Waals surface area contributed by atoms with Gasteiger partial charge >= 0.3 is 0 Å². The summed E-state index contributed by atoms with van der Waals surface area (Å²) in [6.07, 6.45) is 4.82. The predicted molar refractivity (Wildman–Crippen MR) is 193 cm³/mol. The SMILES string of the molecule is c1ccc(-c2nc(-c3ccc4c(c3)oc3ccccc34)nc(-c3ccc4c(c3)oc3cc(-c5cccc6c5CCCC6)ccc34)n2)cc1. The largest absolute Gasteiger partial charge is 0.456 e. The Kier molecular flexibility index (Phi) is 6.06. The van der Waals surface area contributed by atoms with Crippen LogP contribution in [0.5, 0.6) is 0 Å². The van der Waals surface area contributed by atoms with Gasteiger partial charge in [-0.3, -0.25) is 0 Å². The smallest absolute Gasteiger partial charge is 0.164 e. The van der Waals surface area contributed by atoms with Gasteiger partial charge in [0, 0.05) is 38.2 Å². The van der Waals surface area contributed by atoms with Crippen molar-refractivity contribution in [2.75, 3.05) is 0 Å². The third-order valence-electron chi connectivity index (χ3n) is 9.74. The van der Waals surface area contributed by atoms with Crippen molar-refractivity contribution in [1.29, 1.82) is 0 Å². The van der Waals surface area contributed by atoms with Crippen LogP contribution in [0.4, 0.5) is 0 Å². The highest BCUT2D eigenvalue weighted by Gasteiger charge is 2.18. The lowest BCUT2D eigenvalue weighted by atomic mass is 9.86. The van der Waals surface area contributed by atoms with Gasteiger partial charge < -0.3 is 8.83 Å². The van der Waals surface area contributed by atoms with Gasteiger partial charge in [0.05, 0.1) is 0 Å². The van der Waals surface area contributed by atoms with Gasteiger partial charge in [0.15, 0.2) is 17.5 Å². The molecular weight excluding hydrogens is 590 g/mol. The molecule has 5 heteroatoms. The number of fused-ring (bicyclic) bond motifs is 7. The minimum atomic E-state index is 0.585. The Morgan fingerprint density at radius 3 is 1.65 bits per heavy atom. The van der Waals surface area contributed by atoms with Crippen molar-refractivity contribution in [1.82, 2.24) is 15.0 Å². The van der Waals surface area contributed by atoms with Crippen LogP contribution in [-0.4, -0.2) is 15.0 Å². The fourth-order valence-electron chi connectivity index (χ4n) is 7.35. The molecule has 0 spiro atoms.